The van der Waals surface area contributed by atoms with Crippen molar-refractivity contribution in [1.29, 1.82) is 0 Å². The van der Waals surface area contributed by atoms with Crippen LogP contribution in [0.3, 0.4) is 0 Å². The summed E-state index contributed by atoms with van der Waals surface area (Å²) in [5.41, 5.74) is 5.16. The third kappa shape index (κ3) is 2.67. The Bertz CT molecular complexity index is 931. The number of halogens is 2. The zero-order valence-electron chi connectivity index (χ0n) is 12.1. The molecule has 24 heavy (non-hydrogen) atoms. The average molecular weight is 328 g/mol. The van der Waals surface area contributed by atoms with Crippen LogP contribution in [0.15, 0.2) is 46.9 Å². The maximum absolute atomic E-state index is 13.9. The van der Waals surface area contributed by atoms with Crippen LogP contribution in [0.4, 0.5) is 8.78 Å². The number of aldehydes is 1. The first kappa shape index (κ1) is 15.5. The molecule has 0 spiro atoms. The Morgan fingerprint density at radius 2 is 1.79 bits per heavy atom. The molecular formula is C17H10F2N2O3. The second-order valence-electron chi connectivity index (χ2n) is 4.90. The second kappa shape index (κ2) is 6.04. The number of oxazole rings is 1. The zero-order valence-corrected chi connectivity index (χ0v) is 12.1. The Morgan fingerprint density at radius 1 is 1.12 bits per heavy atom. The number of carbonyl (C=O) groups excluding carboxylic acids is 2. The van der Waals surface area contributed by atoms with Gasteiger partial charge < -0.3 is 10.2 Å². The molecule has 0 saturated heterocycles. The van der Waals surface area contributed by atoms with Crippen molar-refractivity contribution in [2.75, 3.05) is 0 Å². The minimum Gasteiger partial charge on any atom is -0.435 e. The third-order valence-corrected chi connectivity index (χ3v) is 3.32. The molecule has 3 rings (SSSR count). The number of hydrogen-bond acceptors (Lipinski definition) is 4. The molecule has 0 aliphatic rings. The van der Waals surface area contributed by atoms with Crippen molar-refractivity contribution < 1.29 is 22.8 Å². The zero-order chi connectivity index (χ0) is 17.3. The summed E-state index contributed by atoms with van der Waals surface area (Å²) >= 11 is 0. The molecule has 2 N–H and O–H groups in total. The lowest BCUT2D eigenvalue weighted by Gasteiger charge is -2.00. The molecule has 0 unspecified atom stereocenters. The topological polar surface area (TPSA) is 86.2 Å². The van der Waals surface area contributed by atoms with Gasteiger partial charge in [0.25, 0.3) is 5.91 Å². The van der Waals surface area contributed by atoms with Crippen LogP contribution < -0.4 is 5.73 Å². The summed E-state index contributed by atoms with van der Waals surface area (Å²) in [7, 11) is 0. The first-order valence-electron chi connectivity index (χ1n) is 6.82. The normalized spacial score (nSPS) is 10.6. The van der Waals surface area contributed by atoms with E-state index in [1.165, 1.54) is 12.1 Å². The number of nitrogens with zero attached hydrogens (tertiary/aromatic N) is 1. The SMILES string of the molecule is NC(=O)c1nc(-c2c(F)cccc2F)oc1-c1cccc(C=O)c1. The predicted octanol–water partition coefficient (Wildman–Crippen LogP) is 3.20. The summed E-state index contributed by atoms with van der Waals surface area (Å²) in [6.45, 7) is 0. The number of amides is 1. The molecule has 7 heteroatoms. The van der Waals surface area contributed by atoms with Crippen LogP contribution in [0.25, 0.3) is 22.8 Å². The smallest absolute Gasteiger partial charge is 0.271 e. The standard InChI is InChI=1S/C17H10F2N2O3/c18-11-5-2-6-12(19)13(11)17-21-14(16(20)23)15(24-17)10-4-1-3-9(7-10)8-22/h1-8H,(H2,20,23). The number of aromatic nitrogens is 1. The highest BCUT2D eigenvalue weighted by Crippen LogP contribution is 2.32. The highest BCUT2D eigenvalue weighted by atomic mass is 19.1. The number of hydrogen-bond donors (Lipinski definition) is 1. The summed E-state index contributed by atoms with van der Waals surface area (Å²) in [4.78, 5) is 26.3. The van der Waals surface area contributed by atoms with E-state index in [1.54, 1.807) is 18.2 Å². The van der Waals surface area contributed by atoms with Gasteiger partial charge in [-0.25, -0.2) is 13.8 Å². The van der Waals surface area contributed by atoms with E-state index in [0.29, 0.717) is 17.4 Å². The van der Waals surface area contributed by atoms with Crippen molar-refractivity contribution in [3.63, 3.8) is 0 Å². The lowest BCUT2D eigenvalue weighted by Crippen LogP contribution is -2.12. The van der Waals surface area contributed by atoms with Crippen LogP contribution in [-0.4, -0.2) is 17.2 Å². The Hall–Kier alpha value is -3.35. The Kier molecular flexibility index (Phi) is 3.91. The molecule has 5 nitrogen and oxygen atoms in total. The molecule has 1 heterocycles. The maximum atomic E-state index is 13.9. The summed E-state index contributed by atoms with van der Waals surface area (Å²) in [6, 6.07) is 9.39. The number of carbonyl (C=O) groups is 2. The van der Waals surface area contributed by atoms with Crippen LogP contribution in [0.1, 0.15) is 20.8 Å². The summed E-state index contributed by atoms with van der Waals surface area (Å²) in [5.74, 6) is -3.18. The van der Waals surface area contributed by atoms with Crippen molar-refractivity contribution in [3.8, 4) is 22.8 Å². The van der Waals surface area contributed by atoms with Gasteiger partial charge in [-0.3, -0.25) is 9.59 Å². The molecule has 0 radical (unpaired) electrons. The van der Waals surface area contributed by atoms with Gasteiger partial charge in [0.05, 0.1) is 0 Å². The molecule has 0 aliphatic carbocycles. The molecule has 3 aromatic rings. The molecule has 1 amide bonds. The van der Waals surface area contributed by atoms with E-state index < -0.39 is 29.0 Å². The molecule has 2 aromatic carbocycles. The highest BCUT2D eigenvalue weighted by Gasteiger charge is 2.24. The van der Waals surface area contributed by atoms with E-state index in [4.69, 9.17) is 10.2 Å². The van der Waals surface area contributed by atoms with Crippen LogP contribution in [0.2, 0.25) is 0 Å². The van der Waals surface area contributed by atoms with Crippen molar-refractivity contribution in [3.05, 3.63) is 65.4 Å². The number of nitrogens with two attached hydrogens (primary N) is 1. The van der Waals surface area contributed by atoms with E-state index >= 15 is 0 Å². The van der Waals surface area contributed by atoms with Gasteiger partial charge in [0.1, 0.15) is 23.5 Å². The van der Waals surface area contributed by atoms with Gasteiger partial charge in [-0.15, -0.1) is 0 Å². The second-order valence-corrected chi connectivity index (χ2v) is 4.90. The minimum absolute atomic E-state index is 0.0659. The highest BCUT2D eigenvalue weighted by molar-refractivity contribution is 5.97. The van der Waals surface area contributed by atoms with Crippen molar-refractivity contribution in [2.45, 2.75) is 0 Å². The predicted molar refractivity (Wildman–Crippen MR) is 81.2 cm³/mol. The van der Waals surface area contributed by atoms with Gasteiger partial charge in [0, 0.05) is 11.1 Å². The average Bonchev–Trinajstić information content (AvgIpc) is 3.00. The number of primary amides is 1. The molecule has 0 fully saturated rings. The summed E-state index contributed by atoms with van der Waals surface area (Å²) in [5, 5.41) is 0. The minimum atomic E-state index is -0.923. The van der Waals surface area contributed by atoms with Gasteiger partial charge >= 0.3 is 0 Å². The van der Waals surface area contributed by atoms with E-state index in [9.17, 15) is 18.4 Å². The maximum Gasteiger partial charge on any atom is 0.271 e. The van der Waals surface area contributed by atoms with Crippen LogP contribution in [0.5, 0.6) is 0 Å². The van der Waals surface area contributed by atoms with E-state index in [1.807, 2.05) is 0 Å². The van der Waals surface area contributed by atoms with Gasteiger partial charge in [-0.2, -0.15) is 0 Å². The molecule has 1 aromatic heterocycles. The van der Waals surface area contributed by atoms with Crippen molar-refractivity contribution >= 4 is 12.2 Å². The molecular weight excluding hydrogens is 318 g/mol. The molecule has 0 atom stereocenters. The quantitative estimate of drug-likeness (QED) is 0.745. The van der Waals surface area contributed by atoms with Crippen LogP contribution in [-0.2, 0) is 0 Å². The van der Waals surface area contributed by atoms with Crippen molar-refractivity contribution in [2.24, 2.45) is 5.73 Å². The first-order chi connectivity index (χ1) is 11.5. The fourth-order valence-electron chi connectivity index (χ4n) is 2.25. The fraction of sp³-hybridized carbons (Fsp3) is 0. The van der Waals surface area contributed by atoms with Crippen LogP contribution >= 0.6 is 0 Å². The molecule has 0 aliphatic heterocycles. The third-order valence-electron chi connectivity index (χ3n) is 3.32. The number of rotatable bonds is 4. The molecule has 0 bridgehead atoms. The lowest BCUT2D eigenvalue weighted by atomic mass is 10.1. The van der Waals surface area contributed by atoms with Crippen LogP contribution in [0, 0.1) is 11.6 Å². The fourth-order valence-corrected chi connectivity index (χ4v) is 2.25. The monoisotopic (exact) mass is 328 g/mol. The Balaban J connectivity index is 2.22. The largest absolute Gasteiger partial charge is 0.435 e. The Morgan fingerprint density at radius 3 is 2.42 bits per heavy atom. The summed E-state index contributed by atoms with van der Waals surface area (Å²) in [6.07, 6.45) is 0.612. The first-order valence-corrected chi connectivity index (χ1v) is 6.82. The summed E-state index contributed by atoms with van der Waals surface area (Å²) < 4.78 is 33.2. The van der Waals surface area contributed by atoms with E-state index in [0.717, 1.165) is 12.1 Å². The van der Waals surface area contributed by atoms with E-state index in [2.05, 4.69) is 4.98 Å². The van der Waals surface area contributed by atoms with Gasteiger partial charge in [-0.1, -0.05) is 24.3 Å². The van der Waals surface area contributed by atoms with E-state index in [-0.39, 0.29) is 11.5 Å². The van der Waals surface area contributed by atoms with Crippen molar-refractivity contribution in [1.82, 2.24) is 4.98 Å². The molecule has 0 saturated carbocycles. The van der Waals surface area contributed by atoms with Gasteiger partial charge in [0.15, 0.2) is 11.5 Å². The van der Waals surface area contributed by atoms with Gasteiger partial charge in [0.2, 0.25) is 5.89 Å². The Labute approximate surface area is 134 Å². The van der Waals surface area contributed by atoms with Gasteiger partial charge in [-0.05, 0) is 18.2 Å². The number of benzene rings is 2. The lowest BCUT2D eigenvalue weighted by molar-refractivity contribution is 0.0996. The molecule has 120 valence electrons.